The lowest BCUT2D eigenvalue weighted by atomic mass is 10.1. The van der Waals surface area contributed by atoms with Gasteiger partial charge in [-0.1, -0.05) is 6.92 Å². The molecule has 1 saturated heterocycles. The topological polar surface area (TPSA) is 89.5 Å². The van der Waals surface area contributed by atoms with E-state index in [0.29, 0.717) is 11.8 Å². The van der Waals surface area contributed by atoms with Crippen molar-refractivity contribution in [2.75, 3.05) is 18.0 Å². The van der Waals surface area contributed by atoms with Crippen LogP contribution in [0.4, 0.5) is 11.4 Å². The van der Waals surface area contributed by atoms with Crippen LogP contribution in [0.5, 0.6) is 0 Å². The number of hydrogen-bond donors (Lipinski definition) is 1. The smallest absolute Gasteiger partial charge is 0.270 e. The molecule has 0 saturated carbocycles. The van der Waals surface area contributed by atoms with Gasteiger partial charge in [-0.15, -0.1) is 0 Å². The summed E-state index contributed by atoms with van der Waals surface area (Å²) in [6.45, 7) is 4.70. The Morgan fingerprint density at radius 3 is 2.85 bits per heavy atom. The van der Waals surface area contributed by atoms with Crippen molar-refractivity contribution < 1.29 is 9.72 Å². The zero-order valence-electron chi connectivity index (χ0n) is 11.4. The van der Waals surface area contributed by atoms with Gasteiger partial charge in [0.1, 0.15) is 0 Å². The summed E-state index contributed by atoms with van der Waals surface area (Å²) in [4.78, 5) is 24.6. The van der Waals surface area contributed by atoms with Crippen molar-refractivity contribution in [1.29, 1.82) is 0 Å². The van der Waals surface area contributed by atoms with Crippen LogP contribution in [0.25, 0.3) is 0 Å². The average Bonchev–Trinajstić information content (AvgIpc) is 2.41. The summed E-state index contributed by atoms with van der Waals surface area (Å²) in [6, 6.07) is 4.07. The first-order valence-corrected chi connectivity index (χ1v) is 7.43. The zero-order valence-corrected chi connectivity index (χ0v) is 12.2. The number of amides is 1. The molecular weight excluding hydrogens is 278 g/mol. The highest BCUT2D eigenvalue weighted by Crippen LogP contribution is 2.28. The Morgan fingerprint density at radius 1 is 1.50 bits per heavy atom. The minimum absolute atomic E-state index is 0.0833. The summed E-state index contributed by atoms with van der Waals surface area (Å²) >= 11 is 1.82. The van der Waals surface area contributed by atoms with Crippen molar-refractivity contribution in [3.8, 4) is 0 Å². The van der Waals surface area contributed by atoms with E-state index in [9.17, 15) is 14.9 Å². The molecule has 0 aromatic heterocycles. The van der Waals surface area contributed by atoms with Crippen molar-refractivity contribution in [3.05, 3.63) is 33.9 Å². The van der Waals surface area contributed by atoms with Gasteiger partial charge in [-0.2, -0.15) is 11.8 Å². The van der Waals surface area contributed by atoms with Crippen molar-refractivity contribution in [2.24, 2.45) is 0 Å². The Labute approximate surface area is 121 Å². The molecule has 7 heteroatoms. The van der Waals surface area contributed by atoms with E-state index in [2.05, 4.69) is 6.92 Å². The number of carbonyl (C=O) groups excluding carboxylic acids is 1. The maximum absolute atomic E-state index is 12.6. The molecule has 1 aliphatic heterocycles. The summed E-state index contributed by atoms with van der Waals surface area (Å²) < 4.78 is 0. The van der Waals surface area contributed by atoms with Gasteiger partial charge in [0, 0.05) is 41.4 Å². The van der Waals surface area contributed by atoms with E-state index < -0.39 is 4.92 Å². The highest BCUT2D eigenvalue weighted by Gasteiger charge is 2.30. The lowest BCUT2D eigenvalue weighted by molar-refractivity contribution is -0.384. The summed E-state index contributed by atoms with van der Waals surface area (Å²) in [5, 5.41) is 11.2. The van der Waals surface area contributed by atoms with E-state index in [1.807, 2.05) is 18.7 Å². The number of hydrogen-bond acceptors (Lipinski definition) is 5. The molecule has 1 aliphatic rings. The Balaban J connectivity index is 2.33. The number of nitrogens with zero attached hydrogens (tertiary/aromatic N) is 2. The maximum Gasteiger partial charge on any atom is 0.270 e. The van der Waals surface area contributed by atoms with Crippen molar-refractivity contribution in [3.63, 3.8) is 0 Å². The van der Waals surface area contributed by atoms with E-state index in [-0.39, 0.29) is 28.9 Å². The summed E-state index contributed by atoms with van der Waals surface area (Å²) in [7, 11) is 0. The van der Waals surface area contributed by atoms with Crippen LogP contribution in [0.15, 0.2) is 18.2 Å². The first-order valence-electron chi connectivity index (χ1n) is 6.38. The van der Waals surface area contributed by atoms with E-state index in [1.54, 1.807) is 4.90 Å². The largest absolute Gasteiger partial charge is 0.398 e. The summed E-state index contributed by atoms with van der Waals surface area (Å²) in [6.07, 6.45) is 0. The first kappa shape index (κ1) is 14.6. The van der Waals surface area contributed by atoms with E-state index in [0.717, 1.165) is 5.75 Å². The van der Waals surface area contributed by atoms with Crippen molar-refractivity contribution >= 4 is 29.0 Å². The van der Waals surface area contributed by atoms with Gasteiger partial charge in [0.05, 0.1) is 10.5 Å². The van der Waals surface area contributed by atoms with Gasteiger partial charge in [-0.05, 0) is 13.0 Å². The fraction of sp³-hybridized carbons (Fsp3) is 0.462. The molecule has 6 nitrogen and oxygen atoms in total. The molecular formula is C13H17N3O3S. The Hall–Kier alpha value is -1.76. The number of thioether (sulfide) groups is 1. The number of nitrogens with two attached hydrogens (primary N) is 1. The van der Waals surface area contributed by atoms with Gasteiger partial charge in [-0.3, -0.25) is 14.9 Å². The normalized spacial score (nSPS) is 22.6. The number of benzene rings is 1. The fourth-order valence-corrected chi connectivity index (χ4v) is 3.32. The second-order valence-electron chi connectivity index (χ2n) is 4.84. The van der Waals surface area contributed by atoms with Gasteiger partial charge < -0.3 is 10.6 Å². The average molecular weight is 295 g/mol. The van der Waals surface area contributed by atoms with Gasteiger partial charge in [-0.25, -0.2) is 0 Å². The van der Waals surface area contributed by atoms with Gasteiger partial charge in [0.2, 0.25) is 0 Å². The third-order valence-corrected chi connectivity index (χ3v) is 4.96. The van der Waals surface area contributed by atoms with Gasteiger partial charge in [0.25, 0.3) is 11.6 Å². The summed E-state index contributed by atoms with van der Waals surface area (Å²) in [5.41, 5.74) is 6.18. The van der Waals surface area contributed by atoms with Crippen LogP contribution in [0.2, 0.25) is 0 Å². The zero-order chi connectivity index (χ0) is 14.9. The highest BCUT2D eigenvalue weighted by molar-refractivity contribution is 8.00. The molecule has 1 amide bonds. The summed E-state index contributed by atoms with van der Waals surface area (Å²) in [5.74, 6) is 0.636. The first-order chi connectivity index (χ1) is 9.41. The number of rotatable bonds is 2. The second-order valence-corrected chi connectivity index (χ2v) is 6.33. The number of nitro benzene ring substituents is 1. The third kappa shape index (κ3) is 2.72. The van der Waals surface area contributed by atoms with E-state index in [4.69, 9.17) is 5.73 Å². The Morgan fingerprint density at radius 2 is 2.20 bits per heavy atom. The molecule has 2 unspecified atom stereocenters. The fourth-order valence-electron chi connectivity index (χ4n) is 2.22. The van der Waals surface area contributed by atoms with E-state index >= 15 is 0 Å². The predicted molar refractivity (Wildman–Crippen MR) is 79.9 cm³/mol. The molecule has 1 fully saturated rings. The molecule has 2 rings (SSSR count). The molecule has 1 aromatic carbocycles. The lowest BCUT2D eigenvalue weighted by Gasteiger charge is -2.37. The third-order valence-electron chi connectivity index (χ3n) is 3.62. The monoisotopic (exact) mass is 295 g/mol. The SMILES string of the molecule is CC1SCCN(C(=O)c2cc([N+](=O)[O-])ccc2N)C1C. The van der Waals surface area contributed by atoms with Crippen molar-refractivity contribution in [2.45, 2.75) is 25.1 Å². The highest BCUT2D eigenvalue weighted by atomic mass is 32.2. The number of carbonyl (C=O) groups is 1. The molecule has 1 aromatic rings. The van der Waals surface area contributed by atoms with Crippen LogP contribution in [0.1, 0.15) is 24.2 Å². The number of non-ortho nitro benzene ring substituents is 1. The minimum Gasteiger partial charge on any atom is -0.398 e. The number of nitro groups is 1. The quantitative estimate of drug-likeness (QED) is 0.513. The van der Waals surface area contributed by atoms with Crippen LogP contribution in [-0.4, -0.2) is 39.3 Å². The molecule has 0 radical (unpaired) electrons. The number of anilines is 1. The van der Waals surface area contributed by atoms with Crippen LogP contribution >= 0.6 is 11.8 Å². The molecule has 2 atom stereocenters. The van der Waals surface area contributed by atoms with Crippen LogP contribution in [-0.2, 0) is 0 Å². The van der Waals surface area contributed by atoms with E-state index in [1.165, 1.54) is 18.2 Å². The minimum atomic E-state index is -0.520. The molecule has 1 heterocycles. The predicted octanol–water partition coefficient (Wildman–Crippen LogP) is 2.14. The molecule has 2 N–H and O–H groups in total. The van der Waals surface area contributed by atoms with Gasteiger partial charge >= 0.3 is 0 Å². The molecule has 0 bridgehead atoms. The number of nitrogen functional groups attached to an aromatic ring is 1. The maximum atomic E-state index is 12.6. The standard InChI is InChI=1S/C13H17N3O3S/c1-8-9(2)20-6-5-15(8)13(17)11-7-10(16(18)19)3-4-12(11)14/h3-4,7-9H,5-6,14H2,1-2H3. The molecule has 108 valence electrons. The van der Waals surface area contributed by atoms with Crippen LogP contribution < -0.4 is 5.73 Å². The second kappa shape index (κ2) is 5.70. The lowest BCUT2D eigenvalue weighted by Crippen LogP contribution is -2.48. The van der Waals surface area contributed by atoms with Crippen LogP contribution in [0.3, 0.4) is 0 Å². The Bertz CT molecular complexity index is 550. The van der Waals surface area contributed by atoms with Gasteiger partial charge in [0.15, 0.2) is 0 Å². The van der Waals surface area contributed by atoms with Crippen LogP contribution in [0, 0.1) is 10.1 Å². The Kier molecular flexibility index (Phi) is 4.17. The molecule has 20 heavy (non-hydrogen) atoms. The molecule has 0 aliphatic carbocycles. The van der Waals surface area contributed by atoms with Crippen molar-refractivity contribution in [1.82, 2.24) is 4.90 Å². The molecule has 0 spiro atoms.